The fourth-order valence-electron chi connectivity index (χ4n) is 2.43. The Kier molecular flexibility index (Phi) is 6.19. The lowest BCUT2D eigenvalue weighted by atomic mass is 10.2. The quantitative estimate of drug-likeness (QED) is 0.778. The van der Waals surface area contributed by atoms with Crippen LogP contribution in [0.4, 0.5) is 0 Å². The second-order valence-corrected chi connectivity index (χ2v) is 6.11. The highest BCUT2D eigenvalue weighted by Gasteiger charge is 2.24. The van der Waals surface area contributed by atoms with Crippen molar-refractivity contribution < 1.29 is 4.79 Å². The van der Waals surface area contributed by atoms with Crippen molar-refractivity contribution >= 4 is 29.0 Å². The average Bonchev–Trinajstić information content (AvgIpc) is 2.77. The zero-order valence-corrected chi connectivity index (χ0v) is 13.4. The molecule has 0 radical (unpaired) electrons. The summed E-state index contributed by atoms with van der Waals surface area (Å²) in [7, 11) is 0. The van der Waals surface area contributed by atoms with Crippen LogP contribution < -0.4 is 0 Å². The first-order valence-corrected chi connectivity index (χ1v) is 8.46. The molecule has 0 saturated carbocycles. The van der Waals surface area contributed by atoms with E-state index in [2.05, 4.69) is 21.4 Å². The molecule has 0 aliphatic carbocycles. The monoisotopic (exact) mass is 316 g/mol. The largest absolute Gasteiger partial charge is 0.337 e. The van der Waals surface area contributed by atoms with Crippen molar-refractivity contribution in [2.75, 3.05) is 38.6 Å². The van der Waals surface area contributed by atoms with Crippen LogP contribution in [0.3, 0.4) is 0 Å². The molecule has 1 amide bonds. The van der Waals surface area contributed by atoms with E-state index in [4.69, 9.17) is 11.6 Å². The van der Waals surface area contributed by atoms with Gasteiger partial charge in [-0.25, -0.2) is 0 Å². The summed E-state index contributed by atoms with van der Waals surface area (Å²) < 4.78 is 3.94. The van der Waals surface area contributed by atoms with E-state index >= 15 is 0 Å². The Morgan fingerprint density at radius 3 is 2.95 bits per heavy atom. The Bertz CT molecular complexity index is 440. The van der Waals surface area contributed by atoms with Crippen LogP contribution in [-0.2, 0) is 6.42 Å². The van der Waals surface area contributed by atoms with E-state index in [-0.39, 0.29) is 5.91 Å². The summed E-state index contributed by atoms with van der Waals surface area (Å²) in [6, 6.07) is 0. The minimum absolute atomic E-state index is 0.0937. The molecule has 20 heavy (non-hydrogen) atoms. The zero-order valence-electron chi connectivity index (χ0n) is 11.8. The Morgan fingerprint density at radius 1 is 1.35 bits per heavy atom. The molecule has 1 aliphatic heterocycles. The first kappa shape index (κ1) is 15.7. The van der Waals surface area contributed by atoms with Crippen LogP contribution in [0.15, 0.2) is 0 Å². The maximum atomic E-state index is 12.6. The van der Waals surface area contributed by atoms with Crippen molar-refractivity contribution in [3.63, 3.8) is 0 Å². The molecule has 0 N–H and O–H groups in total. The number of nitrogens with zero attached hydrogens (tertiary/aromatic N) is 4. The lowest BCUT2D eigenvalue weighted by Gasteiger charge is -2.21. The van der Waals surface area contributed by atoms with E-state index in [9.17, 15) is 4.79 Å². The van der Waals surface area contributed by atoms with Crippen LogP contribution in [0.1, 0.15) is 35.1 Å². The highest BCUT2D eigenvalue weighted by atomic mass is 35.5. The molecule has 1 aliphatic rings. The summed E-state index contributed by atoms with van der Waals surface area (Å²) in [5.41, 5.74) is 0.851. The minimum atomic E-state index is 0.0937. The highest BCUT2D eigenvalue weighted by Crippen LogP contribution is 2.16. The molecule has 2 rings (SSSR count). The molecule has 0 aromatic carbocycles. The van der Waals surface area contributed by atoms with Crippen LogP contribution in [0, 0.1) is 0 Å². The molecule has 0 unspecified atom stereocenters. The molecule has 1 fully saturated rings. The maximum Gasteiger partial charge on any atom is 0.267 e. The van der Waals surface area contributed by atoms with E-state index in [1.807, 2.05) is 4.90 Å². The van der Waals surface area contributed by atoms with Gasteiger partial charge in [-0.15, -0.1) is 16.7 Å². The first-order valence-electron chi connectivity index (χ1n) is 7.15. The van der Waals surface area contributed by atoms with Crippen molar-refractivity contribution in [3.8, 4) is 0 Å². The van der Waals surface area contributed by atoms with Gasteiger partial charge in [-0.1, -0.05) is 17.8 Å². The second kappa shape index (κ2) is 7.90. The Morgan fingerprint density at radius 2 is 2.20 bits per heavy atom. The van der Waals surface area contributed by atoms with Gasteiger partial charge in [0.25, 0.3) is 5.91 Å². The Hall–Kier alpha value is -0.720. The minimum Gasteiger partial charge on any atom is -0.337 e. The van der Waals surface area contributed by atoms with Gasteiger partial charge in [0.15, 0.2) is 0 Å². The molecule has 0 atom stereocenters. The SMILES string of the molecule is CCCc1nnsc1C(=O)N1CCCN(CCCl)CC1. The molecule has 1 aromatic rings. The third-order valence-corrected chi connectivity index (χ3v) is 4.44. The molecule has 7 heteroatoms. The third kappa shape index (κ3) is 3.90. The van der Waals surface area contributed by atoms with Gasteiger partial charge < -0.3 is 9.80 Å². The summed E-state index contributed by atoms with van der Waals surface area (Å²) in [6.07, 6.45) is 2.80. The molecule has 1 saturated heterocycles. The lowest BCUT2D eigenvalue weighted by molar-refractivity contribution is 0.0765. The number of carbonyl (C=O) groups excluding carboxylic acids is 1. The number of hydrogen-bond acceptors (Lipinski definition) is 5. The molecule has 2 heterocycles. The van der Waals surface area contributed by atoms with Crippen LogP contribution in [-0.4, -0.2) is 63.9 Å². The molecule has 1 aromatic heterocycles. The molecule has 0 bridgehead atoms. The topological polar surface area (TPSA) is 49.3 Å². The van der Waals surface area contributed by atoms with Gasteiger partial charge in [0, 0.05) is 32.1 Å². The summed E-state index contributed by atoms with van der Waals surface area (Å²) >= 11 is 7.01. The summed E-state index contributed by atoms with van der Waals surface area (Å²) in [6.45, 7) is 6.46. The fraction of sp³-hybridized carbons (Fsp3) is 0.769. The molecule has 5 nitrogen and oxygen atoms in total. The predicted molar refractivity (Wildman–Crippen MR) is 81.6 cm³/mol. The number of hydrogen-bond donors (Lipinski definition) is 0. The van der Waals surface area contributed by atoms with E-state index in [1.165, 1.54) is 11.5 Å². The maximum absolute atomic E-state index is 12.6. The Balaban J connectivity index is 2.00. The first-order chi connectivity index (χ1) is 9.76. The number of carbonyl (C=O) groups is 1. The number of halogens is 1. The zero-order chi connectivity index (χ0) is 14.4. The standard InChI is InChI=1S/C13H21ClN4OS/c1-2-4-11-12(20-16-15-11)13(19)18-7-3-6-17(8-5-14)9-10-18/h2-10H2,1H3. The van der Waals surface area contributed by atoms with Gasteiger partial charge in [-0.2, -0.15) is 0 Å². The van der Waals surface area contributed by atoms with Crippen LogP contribution in [0.5, 0.6) is 0 Å². The van der Waals surface area contributed by atoms with Crippen molar-refractivity contribution in [1.82, 2.24) is 19.4 Å². The van der Waals surface area contributed by atoms with E-state index < -0.39 is 0 Å². The normalized spacial score (nSPS) is 17.2. The summed E-state index contributed by atoms with van der Waals surface area (Å²) in [5, 5.41) is 4.08. The number of amides is 1. The lowest BCUT2D eigenvalue weighted by Crippen LogP contribution is -2.35. The van der Waals surface area contributed by atoms with Crippen LogP contribution >= 0.6 is 23.1 Å². The second-order valence-electron chi connectivity index (χ2n) is 4.98. The highest BCUT2D eigenvalue weighted by molar-refractivity contribution is 7.08. The fourth-order valence-corrected chi connectivity index (χ4v) is 3.35. The molecule has 112 valence electrons. The number of alkyl halides is 1. The summed E-state index contributed by atoms with van der Waals surface area (Å²) in [4.78, 5) is 17.6. The van der Waals surface area contributed by atoms with Gasteiger partial charge in [0.2, 0.25) is 0 Å². The van der Waals surface area contributed by atoms with Crippen LogP contribution in [0.25, 0.3) is 0 Å². The van der Waals surface area contributed by atoms with Crippen molar-refractivity contribution in [2.45, 2.75) is 26.2 Å². The van der Waals surface area contributed by atoms with Crippen molar-refractivity contribution in [3.05, 3.63) is 10.6 Å². The van der Waals surface area contributed by atoms with Crippen molar-refractivity contribution in [2.24, 2.45) is 0 Å². The van der Waals surface area contributed by atoms with Crippen molar-refractivity contribution in [1.29, 1.82) is 0 Å². The van der Waals surface area contributed by atoms with Gasteiger partial charge in [-0.05, 0) is 30.9 Å². The van der Waals surface area contributed by atoms with Gasteiger partial charge in [-0.3, -0.25) is 4.79 Å². The van der Waals surface area contributed by atoms with E-state index in [1.54, 1.807) is 0 Å². The molecule has 0 spiro atoms. The van der Waals surface area contributed by atoms with Gasteiger partial charge in [0.05, 0.1) is 5.69 Å². The average molecular weight is 317 g/mol. The molecular formula is C13H21ClN4OS. The Labute approximate surface area is 129 Å². The third-order valence-electron chi connectivity index (χ3n) is 3.51. The van der Waals surface area contributed by atoms with Crippen LogP contribution in [0.2, 0.25) is 0 Å². The summed E-state index contributed by atoms with van der Waals surface area (Å²) in [5.74, 6) is 0.740. The predicted octanol–water partition coefficient (Wildman–Crippen LogP) is 1.88. The smallest absolute Gasteiger partial charge is 0.267 e. The number of aromatic nitrogens is 2. The number of aryl methyl sites for hydroxylation is 1. The van der Waals surface area contributed by atoms with E-state index in [0.29, 0.717) is 5.88 Å². The van der Waals surface area contributed by atoms with Gasteiger partial charge >= 0.3 is 0 Å². The number of rotatable bonds is 5. The van der Waals surface area contributed by atoms with E-state index in [0.717, 1.165) is 62.6 Å². The van der Waals surface area contributed by atoms with Gasteiger partial charge in [0.1, 0.15) is 4.88 Å². The molecular weight excluding hydrogens is 296 g/mol.